The van der Waals surface area contributed by atoms with Gasteiger partial charge < -0.3 is 14.2 Å². The Morgan fingerprint density at radius 3 is 1.70 bits per heavy atom. The zero-order chi connectivity index (χ0) is 35.1. The molecule has 0 spiro atoms. The number of para-hydroxylation sites is 3. The third-order valence-electron chi connectivity index (χ3n) is 10.2. The highest BCUT2D eigenvalue weighted by Crippen LogP contribution is 2.45. The molecule has 0 atom stereocenters. The minimum absolute atomic E-state index is 0.862. The standard InChI is InChI=1S/C50H34N2O/c1-3-16-39(17-4-1)51(40-18-5-2-6-19-40)41-20-12-21-42(34-41)52(47-25-13-27-49-50(47)46-23-9-10-26-48(46)53-49)43-31-30-36-32-38(29-28-37(36)33-43)45-24-11-15-35-14-7-8-22-44(35)45/h1-34H. The number of hydrogen-bond donors (Lipinski definition) is 0. The van der Waals surface area contributed by atoms with Gasteiger partial charge in [-0.1, -0.05) is 127 Å². The maximum absolute atomic E-state index is 6.41. The first-order valence-electron chi connectivity index (χ1n) is 18.0. The summed E-state index contributed by atoms with van der Waals surface area (Å²) in [5.41, 5.74) is 10.6. The van der Waals surface area contributed by atoms with Crippen molar-refractivity contribution in [1.29, 1.82) is 0 Å². The van der Waals surface area contributed by atoms with Crippen molar-refractivity contribution in [3.8, 4) is 11.1 Å². The molecule has 0 bridgehead atoms. The number of rotatable bonds is 7. The fourth-order valence-corrected chi connectivity index (χ4v) is 7.76. The van der Waals surface area contributed by atoms with Crippen molar-refractivity contribution in [2.45, 2.75) is 0 Å². The van der Waals surface area contributed by atoms with Crippen LogP contribution >= 0.6 is 0 Å². The summed E-state index contributed by atoms with van der Waals surface area (Å²) in [6.45, 7) is 0. The lowest BCUT2D eigenvalue weighted by atomic mass is 9.96. The average molecular weight is 679 g/mol. The van der Waals surface area contributed by atoms with E-state index in [2.05, 4.69) is 204 Å². The van der Waals surface area contributed by atoms with Gasteiger partial charge in [0, 0.05) is 33.8 Å². The van der Waals surface area contributed by atoms with Crippen LogP contribution in [0.5, 0.6) is 0 Å². The Labute approximate surface area is 308 Å². The molecule has 0 amide bonds. The molecule has 53 heavy (non-hydrogen) atoms. The van der Waals surface area contributed by atoms with Gasteiger partial charge in [0.25, 0.3) is 0 Å². The molecule has 9 aromatic carbocycles. The van der Waals surface area contributed by atoms with Crippen LogP contribution in [-0.2, 0) is 0 Å². The van der Waals surface area contributed by atoms with E-state index in [0.717, 1.165) is 56.1 Å². The van der Waals surface area contributed by atoms with Gasteiger partial charge in [0.05, 0.1) is 11.1 Å². The summed E-state index contributed by atoms with van der Waals surface area (Å²) in [7, 11) is 0. The number of nitrogens with zero attached hydrogens (tertiary/aromatic N) is 2. The quantitative estimate of drug-likeness (QED) is 0.167. The minimum Gasteiger partial charge on any atom is -0.456 e. The second-order valence-electron chi connectivity index (χ2n) is 13.4. The molecule has 0 saturated heterocycles. The van der Waals surface area contributed by atoms with Gasteiger partial charge >= 0.3 is 0 Å². The van der Waals surface area contributed by atoms with E-state index in [1.54, 1.807) is 0 Å². The SMILES string of the molecule is c1ccc(N(c2ccccc2)c2cccc(N(c3ccc4cc(-c5cccc6ccccc56)ccc4c3)c3cccc4oc5ccccc5c34)c2)cc1. The third kappa shape index (κ3) is 5.47. The van der Waals surface area contributed by atoms with Crippen molar-refractivity contribution in [2.24, 2.45) is 0 Å². The highest BCUT2D eigenvalue weighted by atomic mass is 16.3. The molecule has 0 saturated carbocycles. The number of fused-ring (bicyclic) bond motifs is 5. The van der Waals surface area contributed by atoms with Gasteiger partial charge in [-0.3, -0.25) is 0 Å². The molecule has 1 aromatic heterocycles. The highest BCUT2D eigenvalue weighted by Gasteiger charge is 2.21. The molecule has 0 N–H and O–H groups in total. The molecule has 0 aliphatic carbocycles. The van der Waals surface area contributed by atoms with Crippen LogP contribution in [-0.4, -0.2) is 0 Å². The van der Waals surface area contributed by atoms with E-state index >= 15 is 0 Å². The van der Waals surface area contributed by atoms with Crippen LogP contribution < -0.4 is 9.80 Å². The monoisotopic (exact) mass is 678 g/mol. The van der Waals surface area contributed by atoms with Crippen LogP contribution in [0.3, 0.4) is 0 Å². The van der Waals surface area contributed by atoms with Crippen LogP contribution in [0.25, 0.3) is 54.6 Å². The lowest BCUT2D eigenvalue weighted by molar-refractivity contribution is 0.669. The van der Waals surface area contributed by atoms with E-state index in [4.69, 9.17) is 4.42 Å². The maximum atomic E-state index is 6.41. The Balaban J connectivity index is 1.16. The fourth-order valence-electron chi connectivity index (χ4n) is 7.76. The first-order valence-corrected chi connectivity index (χ1v) is 18.0. The summed E-state index contributed by atoms with van der Waals surface area (Å²) in [6.07, 6.45) is 0. The van der Waals surface area contributed by atoms with Gasteiger partial charge in [0.1, 0.15) is 11.2 Å². The molecule has 3 heteroatoms. The minimum atomic E-state index is 0.862. The van der Waals surface area contributed by atoms with Gasteiger partial charge in [0.2, 0.25) is 0 Å². The van der Waals surface area contributed by atoms with E-state index in [-0.39, 0.29) is 0 Å². The zero-order valence-electron chi connectivity index (χ0n) is 28.9. The fraction of sp³-hybridized carbons (Fsp3) is 0. The Kier molecular flexibility index (Phi) is 7.47. The van der Waals surface area contributed by atoms with Crippen molar-refractivity contribution in [1.82, 2.24) is 0 Å². The summed E-state index contributed by atoms with van der Waals surface area (Å²) in [5, 5.41) is 7.05. The van der Waals surface area contributed by atoms with Crippen molar-refractivity contribution < 1.29 is 4.42 Å². The van der Waals surface area contributed by atoms with Crippen LogP contribution in [0.1, 0.15) is 0 Å². The van der Waals surface area contributed by atoms with E-state index in [1.165, 1.54) is 32.7 Å². The second-order valence-corrected chi connectivity index (χ2v) is 13.4. The molecule has 0 aliphatic rings. The second kappa shape index (κ2) is 12.9. The molecule has 0 unspecified atom stereocenters. The molecule has 10 aromatic rings. The molecule has 3 nitrogen and oxygen atoms in total. The predicted octanol–water partition coefficient (Wildman–Crippen LogP) is 14.5. The molecule has 0 radical (unpaired) electrons. The summed E-state index contributed by atoms with van der Waals surface area (Å²) >= 11 is 0. The van der Waals surface area contributed by atoms with Gasteiger partial charge in [-0.2, -0.15) is 0 Å². The maximum Gasteiger partial charge on any atom is 0.137 e. The third-order valence-corrected chi connectivity index (χ3v) is 10.2. The van der Waals surface area contributed by atoms with Gasteiger partial charge in [-0.05, 0) is 112 Å². The lowest BCUT2D eigenvalue weighted by Gasteiger charge is -2.30. The molecule has 0 fully saturated rings. The topological polar surface area (TPSA) is 19.6 Å². The molecular formula is C50H34N2O. The Bertz CT molecular complexity index is 2870. The first-order chi connectivity index (χ1) is 26.3. The van der Waals surface area contributed by atoms with Crippen molar-refractivity contribution in [3.05, 3.63) is 206 Å². The number of hydrogen-bond acceptors (Lipinski definition) is 3. The summed E-state index contributed by atoms with van der Waals surface area (Å²) < 4.78 is 6.41. The Morgan fingerprint density at radius 1 is 0.321 bits per heavy atom. The summed E-state index contributed by atoms with van der Waals surface area (Å²) in [4.78, 5) is 4.69. The summed E-state index contributed by atoms with van der Waals surface area (Å²) in [5.74, 6) is 0. The Morgan fingerprint density at radius 2 is 0.887 bits per heavy atom. The van der Waals surface area contributed by atoms with Crippen molar-refractivity contribution >= 4 is 77.6 Å². The largest absolute Gasteiger partial charge is 0.456 e. The number of anilines is 6. The van der Waals surface area contributed by atoms with Crippen LogP contribution in [0, 0.1) is 0 Å². The smallest absolute Gasteiger partial charge is 0.137 e. The molecule has 0 aliphatic heterocycles. The lowest BCUT2D eigenvalue weighted by Crippen LogP contribution is -2.13. The van der Waals surface area contributed by atoms with Crippen LogP contribution in [0.15, 0.2) is 211 Å². The summed E-state index contributed by atoms with van der Waals surface area (Å²) in [6, 6.07) is 73.4. The predicted molar refractivity (Wildman–Crippen MR) is 224 cm³/mol. The average Bonchev–Trinajstić information content (AvgIpc) is 3.61. The van der Waals surface area contributed by atoms with Gasteiger partial charge in [-0.25, -0.2) is 0 Å². The van der Waals surface area contributed by atoms with E-state index in [0.29, 0.717) is 0 Å². The molecule has 1 heterocycles. The number of furan rings is 1. The van der Waals surface area contributed by atoms with Crippen LogP contribution in [0.2, 0.25) is 0 Å². The highest BCUT2D eigenvalue weighted by molar-refractivity contribution is 6.13. The van der Waals surface area contributed by atoms with Gasteiger partial charge in [-0.15, -0.1) is 0 Å². The zero-order valence-corrected chi connectivity index (χ0v) is 28.9. The molecular weight excluding hydrogens is 645 g/mol. The van der Waals surface area contributed by atoms with Crippen molar-refractivity contribution in [3.63, 3.8) is 0 Å². The number of benzene rings is 9. The van der Waals surface area contributed by atoms with Gasteiger partial charge in [0.15, 0.2) is 0 Å². The normalized spacial score (nSPS) is 11.4. The van der Waals surface area contributed by atoms with E-state index in [1.807, 2.05) is 12.1 Å². The molecule has 250 valence electrons. The van der Waals surface area contributed by atoms with E-state index < -0.39 is 0 Å². The Hall–Kier alpha value is -7.10. The van der Waals surface area contributed by atoms with Crippen LogP contribution in [0.4, 0.5) is 34.1 Å². The van der Waals surface area contributed by atoms with E-state index in [9.17, 15) is 0 Å². The first kappa shape index (κ1) is 30.7. The van der Waals surface area contributed by atoms with Crippen molar-refractivity contribution in [2.75, 3.05) is 9.80 Å². The molecule has 10 rings (SSSR count).